The largest absolute Gasteiger partial charge is 0.472 e. The molecule has 6 N–H and O–H groups in total. The van der Waals surface area contributed by atoms with Gasteiger partial charge in [-0.15, -0.1) is 0 Å². The number of hydrogen-bond acceptors (Lipinski definition) is 12. The summed E-state index contributed by atoms with van der Waals surface area (Å²) < 4.78 is 33.3. The Morgan fingerprint density at radius 3 is 1.61 bits per heavy atom. The van der Waals surface area contributed by atoms with Crippen LogP contribution in [0.4, 0.5) is 0 Å². The number of rotatable bonds is 31. The van der Waals surface area contributed by atoms with Gasteiger partial charge in [0.15, 0.2) is 6.10 Å². The predicted octanol–water partition coefficient (Wildman–Crippen LogP) is 6.44. The maximum Gasteiger partial charge on any atom is 0.472 e. The summed E-state index contributed by atoms with van der Waals surface area (Å²) in [7, 11) is -5.11. The molecule has 0 aliphatic heterocycles. The van der Waals surface area contributed by atoms with Gasteiger partial charge >= 0.3 is 19.8 Å². The first-order valence-corrected chi connectivity index (χ1v) is 21.4. The molecule has 0 saturated heterocycles. The van der Waals surface area contributed by atoms with Gasteiger partial charge in [0, 0.05) is 12.8 Å². The molecule has 1 aliphatic carbocycles. The molecule has 0 aromatic rings. The molecule has 54 heavy (non-hydrogen) atoms. The predicted molar refractivity (Wildman–Crippen MR) is 207 cm³/mol. The number of phosphoric ester groups is 1. The number of allylic oxidation sites excluding steroid dienone is 8. The molecule has 1 saturated carbocycles. The van der Waals surface area contributed by atoms with Gasteiger partial charge in [-0.2, -0.15) is 0 Å². The number of hydrogen-bond donors (Lipinski definition) is 6. The van der Waals surface area contributed by atoms with Crippen LogP contribution in [0, 0.1) is 0 Å². The average Bonchev–Trinajstić information content (AvgIpc) is 3.15. The summed E-state index contributed by atoms with van der Waals surface area (Å²) in [6, 6.07) is 0. The van der Waals surface area contributed by atoms with Gasteiger partial charge in [-0.3, -0.25) is 18.6 Å². The molecule has 14 heteroatoms. The molecule has 0 aromatic heterocycles. The number of aliphatic hydroxyl groups is 5. The Labute approximate surface area is 322 Å². The van der Waals surface area contributed by atoms with Crippen molar-refractivity contribution in [3.8, 4) is 0 Å². The van der Waals surface area contributed by atoms with Crippen molar-refractivity contribution in [1.82, 2.24) is 0 Å². The first-order valence-electron chi connectivity index (χ1n) is 19.9. The summed E-state index contributed by atoms with van der Waals surface area (Å²) in [6.07, 6.45) is 20.6. The Morgan fingerprint density at radius 1 is 0.593 bits per heavy atom. The molecule has 6 unspecified atom stereocenters. The Kier molecular flexibility index (Phi) is 28.6. The average molecular weight is 789 g/mol. The van der Waals surface area contributed by atoms with E-state index in [1.165, 1.54) is 19.3 Å². The van der Waals surface area contributed by atoms with Crippen LogP contribution in [0.5, 0.6) is 0 Å². The van der Waals surface area contributed by atoms with Crippen LogP contribution in [-0.2, 0) is 32.7 Å². The summed E-state index contributed by atoms with van der Waals surface area (Å²) in [6.45, 7) is 3.09. The van der Waals surface area contributed by atoms with Gasteiger partial charge in [-0.25, -0.2) is 4.57 Å². The molecule has 0 radical (unpaired) electrons. The molecule has 1 fully saturated rings. The van der Waals surface area contributed by atoms with E-state index in [-0.39, 0.29) is 12.8 Å². The smallest absolute Gasteiger partial charge is 0.462 e. The van der Waals surface area contributed by atoms with E-state index in [0.717, 1.165) is 77.0 Å². The molecule has 312 valence electrons. The molecule has 0 aromatic carbocycles. The fourth-order valence-electron chi connectivity index (χ4n) is 5.69. The Morgan fingerprint density at radius 2 is 1.06 bits per heavy atom. The maximum atomic E-state index is 12.7. The summed E-state index contributed by atoms with van der Waals surface area (Å²) in [4.78, 5) is 35.4. The molecular weight excluding hydrogens is 719 g/mol. The molecule has 13 nitrogen and oxygen atoms in total. The number of carbonyl (C=O) groups excluding carboxylic acids is 2. The maximum absolute atomic E-state index is 12.7. The van der Waals surface area contributed by atoms with E-state index in [1.807, 2.05) is 0 Å². The van der Waals surface area contributed by atoms with E-state index in [2.05, 4.69) is 62.5 Å². The third kappa shape index (κ3) is 23.7. The second-order valence-electron chi connectivity index (χ2n) is 13.8. The van der Waals surface area contributed by atoms with Crippen molar-refractivity contribution in [2.24, 2.45) is 0 Å². The normalized spacial score (nSPS) is 23.8. The highest BCUT2D eigenvalue weighted by Crippen LogP contribution is 2.47. The van der Waals surface area contributed by atoms with Crippen molar-refractivity contribution in [1.29, 1.82) is 0 Å². The van der Waals surface area contributed by atoms with E-state index in [9.17, 15) is 44.6 Å². The standard InChI is InChI=1S/C40H69O13P/c1-3-5-7-9-11-13-14-15-16-17-18-19-20-21-23-25-27-29-34(42)52-32(30-50-33(41)28-26-24-22-12-10-8-6-4-2)31-51-54(48,49)53-40-38(46)36(44)35(43)37(45)39(40)47/h5,7,11,13,15-16,18-19,32,35-40,43-47H,3-4,6,8-10,12,14,17,20-31H2,1-2H3,(H,48,49)/b7-5-,13-11-,16-15-,19-18-. The molecule has 0 spiro atoms. The van der Waals surface area contributed by atoms with Crippen LogP contribution in [0.3, 0.4) is 0 Å². The van der Waals surface area contributed by atoms with E-state index in [0.29, 0.717) is 12.8 Å². The number of esters is 2. The number of aliphatic hydroxyl groups excluding tert-OH is 5. The van der Waals surface area contributed by atoms with E-state index in [1.54, 1.807) is 0 Å². The third-order valence-electron chi connectivity index (χ3n) is 8.93. The quantitative estimate of drug-likeness (QED) is 0.0194. The van der Waals surface area contributed by atoms with Gasteiger partial charge in [0.25, 0.3) is 0 Å². The lowest BCUT2D eigenvalue weighted by Crippen LogP contribution is -2.64. The van der Waals surface area contributed by atoms with Gasteiger partial charge in [-0.1, -0.05) is 120 Å². The molecule has 1 aliphatic rings. The van der Waals surface area contributed by atoms with Crippen LogP contribution in [0.2, 0.25) is 0 Å². The highest BCUT2D eigenvalue weighted by atomic mass is 31.2. The van der Waals surface area contributed by atoms with E-state index < -0.39 is 75.7 Å². The van der Waals surface area contributed by atoms with Crippen LogP contribution in [-0.4, -0.2) is 98.3 Å². The molecule has 0 bridgehead atoms. The van der Waals surface area contributed by atoms with Gasteiger partial charge < -0.3 is 39.9 Å². The van der Waals surface area contributed by atoms with Gasteiger partial charge in [0.1, 0.15) is 43.2 Å². The molecule has 0 amide bonds. The topological polar surface area (TPSA) is 210 Å². The van der Waals surface area contributed by atoms with Crippen molar-refractivity contribution < 1.29 is 63.1 Å². The minimum atomic E-state index is -5.11. The van der Waals surface area contributed by atoms with Crippen LogP contribution < -0.4 is 0 Å². The molecule has 0 heterocycles. The van der Waals surface area contributed by atoms with Crippen molar-refractivity contribution in [2.45, 2.75) is 179 Å². The minimum Gasteiger partial charge on any atom is -0.462 e. The zero-order valence-corrected chi connectivity index (χ0v) is 33.4. The zero-order valence-electron chi connectivity index (χ0n) is 32.5. The first kappa shape index (κ1) is 49.8. The lowest BCUT2D eigenvalue weighted by molar-refractivity contribution is -0.220. The SMILES string of the molecule is CC/C=C\C/C=C\C/C=C\C/C=C\CCCCCCC(=O)OC(COC(=O)CCCCCCCCCC)COP(=O)(O)OC1C(O)C(O)C(O)C(O)C1O. The van der Waals surface area contributed by atoms with Crippen LogP contribution >= 0.6 is 7.82 Å². The van der Waals surface area contributed by atoms with Crippen LogP contribution in [0.25, 0.3) is 0 Å². The lowest BCUT2D eigenvalue weighted by atomic mass is 9.85. The van der Waals surface area contributed by atoms with Crippen molar-refractivity contribution in [2.75, 3.05) is 13.2 Å². The monoisotopic (exact) mass is 788 g/mol. The fourth-order valence-corrected chi connectivity index (χ4v) is 6.66. The second kappa shape index (κ2) is 31.0. The van der Waals surface area contributed by atoms with Crippen molar-refractivity contribution in [3.63, 3.8) is 0 Å². The third-order valence-corrected chi connectivity index (χ3v) is 9.92. The van der Waals surface area contributed by atoms with Gasteiger partial charge in [0.05, 0.1) is 6.61 Å². The molecule has 6 atom stereocenters. The highest BCUT2D eigenvalue weighted by Gasteiger charge is 2.51. The number of unbranched alkanes of at least 4 members (excludes halogenated alkanes) is 11. The Balaban J connectivity index is 2.53. The van der Waals surface area contributed by atoms with E-state index >= 15 is 0 Å². The highest BCUT2D eigenvalue weighted by molar-refractivity contribution is 7.47. The number of phosphoric acid groups is 1. The first-order chi connectivity index (χ1) is 25.9. The summed E-state index contributed by atoms with van der Waals surface area (Å²) in [5.41, 5.74) is 0. The van der Waals surface area contributed by atoms with Crippen LogP contribution in [0.1, 0.15) is 136 Å². The lowest BCUT2D eigenvalue weighted by Gasteiger charge is -2.41. The van der Waals surface area contributed by atoms with Gasteiger partial charge in [0.2, 0.25) is 0 Å². The summed E-state index contributed by atoms with van der Waals surface area (Å²) in [5.74, 6) is -1.14. The van der Waals surface area contributed by atoms with Crippen molar-refractivity contribution in [3.05, 3.63) is 48.6 Å². The number of ether oxygens (including phenoxy) is 2. The Hall–Kier alpha value is -2.19. The fraction of sp³-hybridized carbons (Fsp3) is 0.750. The molecular formula is C40H69O13P. The number of carbonyl (C=O) groups is 2. The van der Waals surface area contributed by atoms with Gasteiger partial charge in [-0.05, 0) is 51.4 Å². The Bertz CT molecular complexity index is 1140. The zero-order chi connectivity index (χ0) is 40.0. The van der Waals surface area contributed by atoms with Crippen LogP contribution in [0.15, 0.2) is 48.6 Å². The molecule has 1 rings (SSSR count). The second-order valence-corrected chi connectivity index (χ2v) is 15.2. The van der Waals surface area contributed by atoms with Crippen molar-refractivity contribution >= 4 is 19.8 Å². The summed E-state index contributed by atoms with van der Waals surface area (Å²) in [5, 5.41) is 49.9. The summed E-state index contributed by atoms with van der Waals surface area (Å²) >= 11 is 0. The van der Waals surface area contributed by atoms with E-state index in [4.69, 9.17) is 18.5 Å². The minimum absolute atomic E-state index is 0.0680.